The monoisotopic (exact) mass is 277 g/mol. The summed E-state index contributed by atoms with van der Waals surface area (Å²) < 4.78 is 10.2. The van der Waals surface area contributed by atoms with Gasteiger partial charge in [0.1, 0.15) is 5.75 Å². The van der Waals surface area contributed by atoms with E-state index in [4.69, 9.17) is 9.47 Å². The van der Waals surface area contributed by atoms with E-state index < -0.39 is 0 Å². The van der Waals surface area contributed by atoms with Crippen molar-refractivity contribution < 1.29 is 19.1 Å². The Kier molecular flexibility index (Phi) is 4.98. The molecule has 0 aliphatic carbocycles. The number of piperidine rings is 1. The molecule has 5 nitrogen and oxygen atoms in total. The first-order chi connectivity index (χ1) is 9.70. The topological polar surface area (TPSA) is 55.8 Å². The number of benzene rings is 1. The third-order valence-corrected chi connectivity index (χ3v) is 3.49. The van der Waals surface area contributed by atoms with E-state index in [0.717, 1.165) is 0 Å². The molecular formula is C15H19NO4. The van der Waals surface area contributed by atoms with Crippen molar-refractivity contribution in [3.63, 3.8) is 0 Å². The third-order valence-electron chi connectivity index (χ3n) is 3.49. The molecule has 108 valence electrons. The second kappa shape index (κ2) is 6.93. The lowest BCUT2D eigenvalue weighted by Crippen LogP contribution is -2.42. The average molecular weight is 277 g/mol. The number of carbonyl (C=O) groups excluding carboxylic acids is 2. The lowest BCUT2D eigenvalue weighted by Gasteiger charge is -2.30. The van der Waals surface area contributed by atoms with E-state index in [1.54, 1.807) is 4.90 Å². The summed E-state index contributed by atoms with van der Waals surface area (Å²) in [5, 5.41) is 0. The molecular weight excluding hydrogens is 258 g/mol. The molecule has 1 aliphatic heterocycles. The molecule has 1 aromatic rings. The minimum absolute atomic E-state index is 0.0346. The Morgan fingerprint density at radius 2 is 1.85 bits per heavy atom. The Labute approximate surface area is 118 Å². The molecule has 0 spiro atoms. The van der Waals surface area contributed by atoms with Crippen LogP contribution in [0.25, 0.3) is 0 Å². The van der Waals surface area contributed by atoms with Crippen molar-refractivity contribution in [1.82, 2.24) is 4.90 Å². The third kappa shape index (κ3) is 3.73. The second-order valence-electron chi connectivity index (χ2n) is 4.78. The first kappa shape index (κ1) is 14.4. The van der Waals surface area contributed by atoms with Crippen molar-refractivity contribution in [3.05, 3.63) is 30.3 Å². The van der Waals surface area contributed by atoms with Gasteiger partial charge in [0.25, 0.3) is 5.91 Å². The van der Waals surface area contributed by atoms with Crippen molar-refractivity contribution >= 4 is 11.9 Å². The summed E-state index contributed by atoms with van der Waals surface area (Å²) >= 11 is 0. The van der Waals surface area contributed by atoms with Gasteiger partial charge < -0.3 is 14.4 Å². The van der Waals surface area contributed by atoms with Crippen LogP contribution in [0, 0.1) is 5.92 Å². The van der Waals surface area contributed by atoms with Crippen LogP contribution in [-0.4, -0.2) is 43.6 Å². The number of methoxy groups -OCH3 is 1. The van der Waals surface area contributed by atoms with Crippen LogP contribution in [0.2, 0.25) is 0 Å². The molecule has 1 saturated heterocycles. The predicted octanol–water partition coefficient (Wildman–Crippen LogP) is 1.48. The standard InChI is InChI=1S/C15H19NO4/c1-19-15(18)12-7-9-16(10-8-12)14(17)11-20-13-5-3-2-4-6-13/h2-6,12H,7-11H2,1H3. The van der Waals surface area contributed by atoms with Crippen LogP contribution in [0.15, 0.2) is 30.3 Å². The molecule has 1 aliphatic rings. The van der Waals surface area contributed by atoms with Gasteiger partial charge >= 0.3 is 5.97 Å². The number of rotatable bonds is 4. The number of esters is 1. The quantitative estimate of drug-likeness (QED) is 0.782. The number of carbonyl (C=O) groups is 2. The maximum absolute atomic E-state index is 12.0. The SMILES string of the molecule is COC(=O)C1CCN(C(=O)COc2ccccc2)CC1. The van der Waals surface area contributed by atoms with Crippen LogP contribution < -0.4 is 4.74 Å². The number of hydrogen-bond acceptors (Lipinski definition) is 4. The minimum Gasteiger partial charge on any atom is -0.484 e. The lowest BCUT2D eigenvalue weighted by atomic mass is 9.97. The molecule has 0 atom stereocenters. The number of hydrogen-bond donors (Lipinski definition) is 0. The van der Waals surface area contributed by atoms with Crippen molar-refractivity contribution in [2.24, 2.45) is 5.92 Å². The van der Waals surface area contributed by atoms with Gasteiger partial charge in [0.05, 0.1) is 13.0 Å². The van der Waals surface area contributed by atoms with Crippen LogP contribution in [0.4, 0.5) is 0 Å². The molecule has 1 heterocycles. The Hall–Kier alpha value is -2.04. The average Bonchev–Trinajstić information content (AvgIpc) is 2.53. The highest BCUT2D eigenvalue weighted by molar-refractivity contribution is 5.78. The highest BCUT2D eigenvalue weighted by Gasteiger charge is 2.27. The van der Waals surface area contributed by atoms with Crippen LogP contribution in [0.3, 0.4) is 0 Å². The summed E-state index contributed by atoms with van der Waals surface area (Å²) in [5.41, 5.74) is 0. The zero-order valence-corrected chi connectivity index (χ0v) is 11.6. The lowest BCUT2D eigenvalue weighted by molar-refractivity contribution is -0.149. The van der Waals surface area contributed by atoms with Gasteiger partial charge in [0.15, 0.2) is 6.61 Å². The molecule has 0 radical (unpaired) electrons. The van der Waals surface area contributed by atoms with E-state index in [2.05, 4.69) is 0 Å². The summed E-state index contributed by atoms with van der Waals surface area (Å²) in [6, 6.07) is 9.25. The smallest absolute Gasteiger partial charge is 0.308 e. The molecule has 5 heteroatoms. The molecule has 0 unspecified atom stereocenters. The zero-order valence-electron chi connectivity index (χ0n) is 11.6. The predicted molar refractivity (Wildman–Crippen MR) is 73.3 cm³/mol. The second-order valence-corrected chi connectivity index (χ2v) is 4.78. The summed E-state index contributed by atoms with van der Waals surface area (Å²) in [7, 11) is 1.40. The Morgan fingerprint density at radius 1 is 1.20 bits per heavy atom. The van der Waals surface area contributed by atoms with Crippen LogP contribution >= 0.6 is 0 Å². The van der Waals surface area contributed by atoms with E-state index in [9.17, 15) is 9.59 Å². The van der Waals surface area contributed by atoms with E-state index in [-0.39, 0.29) is 24.4 Å². The fourth-order valence-electron chi connectivity index (χ4n) is 2.28. The first-order valence-corrected chi connectivity index (χ1v) is 6.74. The number of ether oxygens (including phenoxy) is 2. The molecule has 1 amide bonds. The molecule has 0 N–H and O–H groups in total. The van der Waals surface area contributed by atoms with E-state index in [1.165, 1.54) is 7.11 Å². The maximum atomic E-state index is 12.0. The van der Waals surface area contributed by atoms with Crippen molar-refractivity contribution in [1.29, 1.82) is 0 Å². The molecule has 20 heavy (non-hydrogen) atoms. The highest BCUT2D eigenvalue weighted by Crippen LogP contribution is 2.18. The first-order valence-electron chi connectivity index (χ1n) is 6.74. The van der Waals surface area contributed by atoms with Gasteiger partial charge in [-0.05, 0) is 25.0 Å². The summed E-state index contributed by atoms with van der Waals surface area (Å²) in [6.45, 7) is 1.19. The fourth-order valence-corrected chi connectivity index (χ4v) is 2.28. The van der Waals surface area contributed by atoms with Crippen molar-refractivity contribution in [2.75, 3.05) is 26.8 Å². The van der Waals surface area contributed by atoms with Gasteiger partial charge in [-0.2, -0.15) is 0 Å². The number of likely N-dealkylation sites (tertiary alicyclic amines) is 1. The van der Waals surface area contributed by atoms with Crippen LogP contribution in [0.1, 0.15) is 12.8 Å². The van der Waals surface area contributed by atoms with E-state index in [0.29, 0.717) is 31.7 Å². The fraction of sp³-hybridized carbons (Fsp3) is 0.467. The highest BCUT2D eigenvalue weighted by atomic mass is 16.5. The van der Waals surface area contributed by atoms with Crippen molar-refractivity contribution in [3.8, 4) is 5.75 Å². The van der Waals surface area contributed by atoms with Crippen molar-refractivity contribution in [2.45, 2.75) is 12.8 Å². The summed E-state index contributed by atoms with van der Waals surface area (Å²) in [4.78, 5) is 25.1. The Morgan fingerprint density at radius 3 is 2.45 bits per heavy atom. The molecule has 1 fully saturated rings. The minimum atomic E-state index is -0.183. The molecule has 0 aromatic heterocycles. The summed E-state index contributed by atoms with van der Waals surface area (Å²) in [5.74, 6) is 0.374. The van der Waals surface area contributed by atoms with Gasteiger partial charge in [-0.3, -0.25) is 9.59 Å². The van der Waals surface area contributed by atoms with E-state index >= 15 is 0 Å². The van der Waals surface area contributed by atoms with Crippen LogP contribution in [0.5, 0.6) is 5.75 Å². The number of amides is 1. The van der Waals surface area contributed by atoms with Crippen LogP contribution in [-0.2, 0) is 14.3 Å². The van der Waals surface area contributed by atoms with E-state index in [1.807, 2.05) is 30.3 Å². The zero-order chi connectivity index (χ0) is 14.4. The van der Waals surface area contributed by atoms with Gasteiger partial charge in [0, 0.05) is 13.1 Å². The molecule has 1 aromatic carbocycles. The van der Waals surface area contributed by atoms with Gasteiger partial charge in [0.2, 0.25) is 0 Å². The molecule has 2 rings (SSSR count). The summed E-state index contributed by atoms with van der Waals surface area (Å²) in [6.07, 6.45) is 1.31. The maximum Gasteiger partial charge on any atom is 0.308 e. The largest absolute Gasteiger partial charge is 0.484 e. The van der Waals surface area contributed by atoms with Gasteiger partial charge in [-0.1, -0.05) is 18.2 Å². The van der Waals surface area contributed by atoms with Gasteiger partial charge in [-0.15, -0.1) is 0 Å². The number of nitrogens with zero attached hydrogens (tertiary/aromatic N) is 1. The molecule has 0 bridgehead atoms. The van der Waals surface area contributed by atoms with Gasteiger partial charge in [-0.25, -0.2) is 0 Å². The Bertz CT molecular complexity index is 452. The molecule has 0 saturated carbocycles. The number of para-hydroxylation sites is 1. The Balaban J connectivity index is 1.76. The normalized spacial score (nSPS) is 15.8.